The van der Waals surface area contributed by atoms with Gasteiger partial charge < -0.3 is 0 Å². The van der Waals surface area contributed by atoms with Gasteiger partial charge in [0.05, 0.1) is 0 Å². The highest BCUT2D eigenvalue weighted by molar-refractivity contribution is 5.16. The number of fused-ring (bicyclic) bond motifs is 7. The van der Waals surface area contributed by atoms with Crippen LogP contribution >= 0.6 is 0 Å². The molecule has 0 nitrogen and oxygen atoms in total. The van der Waals surface area contributed by atoms with E-state index in [-0.39, 0.29) is 0 Å². The smallest absolute Gasteiger partial charge is 0.0318 e. The summed E-state index contributed by atoms with van der Waals surface area (Å²) in [4.78, 5) is 0. The van der Waals surface area contributed by atoms with Crippen molar-refractivity contribution in [1.82, 2.24) is 0 Å². The van der Waals surface area contributed by atoms with Gasteiger partial charge in [-0.2, -0.15) is 0 Å². The van der Waals surface area contributed by atoms with Gasteiger partial charge in [-0.25, -0.2) is 0 Å². The maximum absolute atomic E-state index is 2.40. The molecule has 4 rings (SSSR count). The normalized spacial score (nSPS) is 63.6. The minimum absolute atomic E-state index is 1.11. The van der Waals surface area contributed by atoms with Crippen molar-refractivity contribution >= 4 is 0 Å². The lowest BCUT2D eigenvalue weighted by atomic mass is 9.30. The molecule has 0 amide bonds. The van der Waals surface area contributed by atoms with E-state index in [4.69, 9.17) is 0 Å². The van der Waals surface area contributed by atoms with Crippen LogP contribution in [0.4, 0.5) is 0 Å². The van der Waals surface area contributed by atoms with Crippen molar-refractivity contribution in [2.24, 2.45) is 41.4 Å². The van der Waals surface area contributed by atoms with Crippen molar-refractivity contribution in [3.63, 3.8) is 0 Å². The third-order valence-corrected chi connectivity index (χ3v) is 6.45. The minimum atomic E-state index is 1.11. The Morgan fingerprint density at radius 1 is 0.786 bits per heavy atom. The maximum Gasteiger partial charge on any atom is -0.0318 e. The molecule has 4 aliphatic carbocycles. The maximum atomic E-state index is 2.40. The van der Waals surface area contributed by atoms with E-state index in [0.29, 0.717) is 0 Å². The lowest BCUT2D eigenvalue weighted by Gasteiger charge is -2.74. The summed E-state index contributed by atoms with van der Waals surface area (Å²) in [6.45, 7) is 2.40. The van der Waals surface area contributed by atoms with Crippen molar-refractivity contribution in [2.45, 2.75) is 45.4 Å². The van der Waals surface area contributed by atoms with Crippen LogP contribution in [0.5, 0.6) is 0 Å². The Bertz CT molecular complexity index is 251. The first-order valence-corrected chi connectivity index (χ1v) is 6.90. The van der Waals surface area contributed by atoms with Gasteiger partial charge in [0.2, 0.25) is 0 Å². The molecule has 4 fully saturated rings. The summed E-state index contributed by atoms with van der Waals surface area (Å²) < 4.78 is 0. The van der Waals surface area contributed by atoms with Crippen LogP contribution in [-0.2, 0) is 0 Å². The van der Waals surface area contributed by atoms with E-state index >= 15 is 0 Å². The van der Waals surface area contributed by atoms with Gasteiger partial charge in [-0.15, -0.1) is 0 Å². The van der Waals surface area contributed by atoms with Gasteiger partial charge in [0.25, 0.3) is 0 Å². The molecule has 0 N–H and O–H groups in total. The Balaban J connectivity index is 1.51. The molecule has 4 aliphatic rings. The molecule has 7 atom stereocenters. The number of hydrogen-bond donors (Lipinski definition) is 0. The Morgan fingerprint density at radius 3 is 2.00 bits per heavy atom. The highest BCUT2D eigenvalue weighted by Crippen LogP contribution is 2.74. The van der Waals surface area contributed by atoms with E-state index < -0.39 is 0 Å². The van der Waals surface area contributed by atoms with Gasteiger partial charge in [0, 0.05) is 0 Å². The Morgan fingerprint density at radius 2 is 1.36 bits per heavy atom. The second-order valence-electron chi connectivity index (χ2n) is 6.47. The molecule has 0 aromatic carbocycles. The molecule has 0 bridgehead atoms. The molecular formula is C14H22. The van der Waals surface area contributed by atoms with E-state index in [1.165, 1.54) is 41.9 Å². The molecule has 0 aromatic rings. The van der Waals surface area contributed by atoms with Gasteiger partial charge in [-0.3, -0.25) is 0 Å². The number of hydrogen-bond acceptors (Lipinski definition) is 0. The fraction of sp³-hybridized carbons (Fsp3) is 1.00. The molecule has 1 unspecified atom stereocenters. The van der Waals surface area contributed by atoms with Crippen LogP contribution in [0.2, 0.25) is 0 Å². The zero-order valence-corrected chi connectivity index (χ0v) is 9.28. The minimum Gasteiger partial charge on any atom is -0.0651 e. The predicted octanol–water partition coefficient (Wildman–Crippen LogP) is 3.71. The second-order valence-corrected chi connectivity index (χ2v) is 6.47. The summed E-state index contributed by atoms with van der Waals surface area (Å²) in [6.07, 6.45) is 9.45. The summed E-state index contributed by atoms with van der Waals surface area (Å²) in [6, 6.07) is 0. The van der Waals surface area contributed by atoms with Crippen molar-refractivity contribution in [2.75, 3.05) is 0 Å². The largest absolute Gasteiger partial charge is 0.0651 e. The zero-order chi connectivity index (χ0) is 9.28. The summed E-state index contributed by atoms with van der Waals surface area (Å²) in [7, 11) is 0. The first-order chi connectivity index (χ1) is 6.90. The molecule has 78 valence electrons. The van der Waals surface area contributed by atoms with Crippen LogP contribution in [0.3, 0.4) is 0 Å². The van der Waals surface area contributed by atoms with Crippen LogP contribution in [-0.4, -0.2) is 0 Å². The van der Waals surface area contributed by atoms with Gasteiger partial charge in [-0.1, -0.05) is 19.8 Å². The molecule has 14 heavy (non-hydrogen) atoms. The molecule has 0 spiro atoms. The van der Waals surface area contributed by atoms with E-state index in [0.717, 1.165) is 5.92 Å². The molecule has 0 aromatic heterocycles. The highest BCUT2D eigenvalue weighted by Gasteiger charge is 2.68. The summed E-state index contributed by atoms with van der Waals surface area (Å²) >= 11 is 0. The second kappa shape index (κ2) is 2.57. The van der Waals surface area contributed by atoms with Crippen LogP contribution < -0.4 is 0 Å². The van der Waals surface area contributed by atoms with E-state index in [1.54, 1.807) is 32.1 Å². The zero-order valence-electron chi connectivity index (χ0n) is 9.28. The predicted molar refractivity (Wildman–Crippen MR) is 57.8 cm³/mol. The van der Waals surface area contributed by atoms with Crippen LogP contribution in [0.1, 0.15) is 45.4 Å². The fourth-order valence-electron chi connectivity index (χ4n) is 5.60. The standard InChI is InChI=1S/C14H22/c1-2-8-3-4-11-12(7-8)14-10-6-5-9(10)13(11)14/h8-14H,2-7H2,1H3/t8?,9-,10+,11+,12-,13-,14+/m1/s1. The number of rotatable bonds is 1. The van der Waals surface area contributed by atoms with Crippen LogP contribution in [0.25, 0.3) is 0 Å². The highest BCUT2D eigenvalue weighted by atomic mass is 14.7. The molecule has 0 aliphatic heterocycles. The monoisotopic (exact) mass is 190 g/mol. The quantitative estimate of drug-likeness (QED) is 0.591. The third kappa shape index (κ3) is 0.750. The van der Waals surface area contributed by atoms with Crippen molar-refractivity contribution < 1.29 is 0 Å². The summed E-state index contributed by atoms with van der Waals surface area (Å²) in [5, 5.41) is 0. The molecule has 0 heteroatoms. The molecule has 0 radical (unpaired) electrons. The van der Waals surface area contributed by atoms with Gasteiger partial charge in [-0.05, 0) is 67.1 Å². The average Bonchev–Trinajstić information content (AvgIpc) is 2.19. The van der Waals surface area contributed by atoms with Gasteiger partial charge in [0.15, 0.2) is 0 Å². The lowest BCUT2D eigenvalue weighted by molar-refractivity contribution is -0.264. The van der Waals surface area contributed by atoms with E-state index in [2.05, 4.69) is 6.92 Å². The Hall–Kier alpha value is 0. The first-order valence-electron chi connectivity index (χ1n) is 6.90. The molecular weight excluding hydrogens is 168 g/mol. The third-order valence-electron chi connectivity index (χ3n) is 6.45. The summed E-state index contributed by atoms with van der Waals surface area (Å²) in [5.74, 6) is 8.49. The fourth-order valence-corrected chi connectivity index (χ4v) is 5.60. The first kappa shape index (κ1) is 8.19. The van der Waals surface area contributed by atoms with Gasteiger partial charge in [0.1, 0.15) is 0 Å². The van der Waals surface area contributed by atoms with E-state index in [1.807, 2.05) is 0 Å². The van der Waals surface area contributed by atoms with Crippen molar-refractivity contribution in [1.29, 1.82) is 0 Å². The van der Waals surface area contributed by atoms with Crippen LogP contribution in [0.15, 0.2) is 0 Å². The molecule has 0 heterocycles. The topological polar surface area (TPSA) is 0 Å². The SMILES string of the molecule is CCC1CC[C@H]2[C@@H](C1)[C@@H]1[C@H]3CC[C@H]3[C@H]21. The van der Waals surface area contributed by atoms with E-state index in [9.17, 15) is 0 Å². The van der Waals surface area contributed by atoms with Gasteiger partial charge >= 0.3 is 0 Å². The molecule has 4 saturated carbocycles. The summed E-state index contributed by atoms with van der Waals surface area (Å²) in [5.41, 5.74) is 0. The lowest BCUT2D eigenvalue weighted by Crippen LogP contribution is -2.69. The Labute approximate surface area is 87.5 Å². The van der Waals surface area contributed by atoms with Crippen molar-refractivity contribution in [3.8, 4) is 0 Å². The Kier molecular flexibility index (Phi) is 1.50. The molecule has 0 saturated heterocycles. The average molecular weight is 190 g/mol. The van der Waals surface area contributed by atoms with Crippen molar-refractivity contribution in [3.05, 3.63) is 0 Å². The van der Waals surface area contributed by atoms with Crippen LogP contribution in [0, 0.1) is 41.4 Å².